The average molecular weight is 147 g/mol. The first-order valence-corrected chi connectivity index (χ1v) is 3.10. The van der Waals surface area contributed by atoms with Crippen LogP contribution in [0.25, 0.3) is 0 Å². The molecule has 2 N–H and O–H groups in total. The number of hydrogen-bond acceptors (Lipinski definition) is 3. The van der Waals surface area contributed by atoms with E-state index in [1.807, 2.05) is 0 Å². The van der Waals surface area contributed by atoms with Crippen LogP contribution in [-0.4, -0.2) is 37.4 Å². The third-order valence-electron chi connectivity index (χ3n) is 0.870. The normalized spacial score (nSPS) is 12.7. The van der Waals surface area contributed by atoms with E-state index in [9.17, 15) is 4.79 Å². The summed E-state index contributed by atoms with van der Waals surface area (Å²) in [5.74, 6) is -0.205. The van der Waals surface area contributed by atoms with Crippen LogP contribution in [0.1, 0.15) is 6.92 Å². The summed E-state index contributed by atoms with van der Waals surface area (Å²) in [7, 11) is 1.45. The standard InChI is InChI=1S/C6H13NO3/c1-5(8)3-7-6(9)4-10-2/h5,8H,3-4H2,1-2H3,(H,7,9)/t5-/m0/s1. The molecule has 0 aliphatic heterocycles. The molecule has 0 aliphatic carbocycles. The highest BCUT2D eigenvalue weighted by atomic mass is 16.5. The van der Waals surface area contributed by atoms with Gasteiger partial charge in [0, 0.05) is 13.7 Å². The summed E-state index contributed by atoms with van der Waals surface area (Å²) in [6.45, 7) is 1.93. The van der Waals surface area contributed by atoms with Crippen molar-refractivity contribution < 1.29 is 14.6 Å². The molecule has 4 heteroatoms. The fourth-order valence-electron chi connectivity index (χ4n) is 0.444. The van der Waals surface area contributed by atoms with Gasteiger partial charge in [0.2, 0.25) is 5.91 Å². The van der Waals surface area contributed by atoms with Crippen LogP contribution in [0.3, 0.4) is 0 Å². The average Bonchev–Trinajstić information content (AvgIpc) is 1.85. The summed E-state index contributed by atoms with van der Waals surface area (Å²) in [6, 6.07) is 0. The van der Waals surface area contributed by atoms with Gasteiger partial charge >= 0.3 is 0 Å². The van der Waals surface area contributed by atoms with Crippen molar-refractivity contribution in [1.29, 1.82) is 0 Å². The quantitative estimate of drug-likeness (QED) is 0.543. The summed E-state index contributed by atoms with van der Waals surface area (Å²) in [5, 5.41) is 11.2. The van der Waals surface area contributed by atoms with Crippen molar-refractivity contribution in [1.82, 2.24) is 5.32 Å². The number of nitrogens with one attached hydrogen (secondary N) is 1. The van der Waals surface area contributed by atoms with Gasteiger partial charge in [-0.3, -0.25) is 4.79 Å². The number of aliphatic hydroxyl groups is 1. The Hall–Kier alpha value is -0.610. The Kier molecular flexibility index (Phi) is 4.88. The lowest BCUT2D eigenvalue weighted by Gasteiger charge is -2.05. The van der Waals surface area contributed by atoms with Crippen LogP contribution in [0.2, 0.25) is 0 Å². The second-order valence-electron chi connectivity index (χ2n) is 2.09. The number of rotatable bonds is 4. The Morgan fingerprint density at radius 1 is 1.80 bits per heavy atom. The van der Waals surface area contributed by atoms with Crippen LogP contribution < -0.4 is 5.32 Å². The van der Waals surface area contributed by atoms with Gasteiger partial charge in [-0.05, 0) is 6.92 Å². The Bertz CT molecular complexity index is 103. The zero-order valence-electron chi connectivity index (χ0n) is 6.26. The van der Waals surface area contributed by atoms with Crippen LogP contribution in [0.4, 0.5) is 0 Å². The monoisotopic (exact) mass is 147 g/mol. The zero-order valence-corrected chi connectivity index (χ0v) is 6.26. The number of hydrogen-bond donors (Lipinski definition) is 2. The minimum Gasteiger partial charge on any atom is -0.392 e. The van der Waals surface area contributed by atoms with Crippen molar-refractivity contribution in [3.05, 3.63) is 0 Å². The molecular formula is C6H13NO3. The van der Waals surface area contributed by atoms with Crippen LogP contribution in [0.15, 0.2) is 0 Å². The molecule has 0 saturated heterocycles. The van der Waals surface area contributed by atoms with E-state index in [-0.39, 0.29) is 19.1 Å². The lowest BCUT2D eigenvalue weighted by atomic mass is 10.4. The summed E-state index contributed by atoms with van der Waals surface area (Å²) >= 11 is 0. The van der Waals surface area contributed by atoms with Crippen LogP contribution >= 0.6 is 0 Å². The molecule has 1 atom stereocenters. The van der Waals surface area contributed by atoms with Crippen molar-refractivity contribution in [2.75, 3.05) is 20.3 Å². The minimum atomic E-state index is -0.499. The Labute approximate surface area is 60.2 Å². The van der Waals surface area contributed by atoms with E-state index in [0.717, 1.165) is 0 Å². The third kappa shape index (κ3) is 5.53. The first-order chi connectivity index (χ1) is 4.66. The number of carbonyl (C=O) groups excluding carboxylic acids is 1. The maximum absolute atomic E-state index is 10.6. The van der Waals surface area contributed by atoms with Crippen molar-refractivity contribution >= 4 is 5.91 Å². The molecule has 0 aliphatic rings. The topological polar surface area (TPSA) is 58.6 Å². The van der Waals surface area contributed by atoms with E-state index >= 15 is 0 Å². The van der Waals surface area contributed by atoms with Crippen molar-refractivity contribution in [3.63, 3.8) is 0 Å². The van der Waals surface area contributed by atoms with E-state index in [2.05, 4.69) is 10.1 Å². The van der Waals surface area contributed by atoms with Gasteiger partial charge in [-0.1, -0.05) is 0 Å². The lowest BCUT2D eigenvalue weighted by Crippen LogP contribution is -2.32. The van der Waals surface area contributed by atoms with Crippen molar-refractivity contribution in [2.24, 2.45) is 0 Å². The van der Waals surface area contributed by atoms with E-state index in [1.165, 1.54) is 7.11 Å². The van der Waals surface area contributed by atoms with Crippen molar-refractivity contribution in [3.8, 4) is 0 Å². The maximum Gasteiger partial charge on any atom is 0.246 e. The van der Waals surface area contributed by atoms with E-state index in [1.54, 1.807) is 6.92 Å². The highest BCUT2D eigenvalue weighted by Gasteiger charge is 2.00. The molecule has 0 saturated carbocycles. The molecule has 0 rings (SSSR count). The van der Waals surface area contributed by atoms with E-state index in [4.69, 9.17) is 5.11 Å². The Morgan fingerprint density at radius 2 is 2.40 bits per heavy atom. The fourth-order valence-corrected chi connectivity index (χ4v) is 0.444. The van der Waals surface area contributed by atoms with Gasteiger partial charge in [0.05, 0.1) is 6.10 Å². The van der Waals surface area contributed by atoms with Gasteiger partial charge in [-0.25, -0.2) is 0 Å². The lowest BCUT2D eigenvalue weighted by molar-refractivity contribution is -0.125. The second kappa shape index (κ2) is 5.20. The SMILES string of the molecule is COCC(=O)NC[C@H](C)O. The zero-order chi connectivity index (χ0) is 7.98. The molecule has 0 fully saturated rings. The number of carbonyl (C=O) groups is 1. The highest BCUT2D eigenvalue weighted by Crippen LogP contribution is 1.75. The van der Waals surface area contributed by atoms with Gasteiger partial charge in [-0.2, -0.15) is 0 Å². The molecule has 0 aromatic heterocycles. The first kappa shape index (κ1) is 9.39. The summed E-state index contributed by atoms with van der Waals surface area (Å²) < 4.78 is 4.54. The van der Waals surface area contributed by atoms with Gasteiger partial charge in [0.15, 0.2) is 0 Å². The van der Waals surface area contributed by atoms with Gasteiger partial charge in [0.25, 0.3) is 0 Å². The molecule has 1 amide bonds. The maximum atomic E-state index is 10.6. The number of amides is 1. The van der Waals surface area contributed by atoms with E-state index in [0.29, 0.717) is 0 Å². The van der Waals surface area contributed by atoms with Crippen LogP contribution in [0, 0.1) is 0 Å². The van der Waals surface area contributed by atoms with E-state index < -0.39 is 6.10 Å². The molecule has 0 heterocycles. The predicted octanol–water partition coefficient (Wildman–Crippen LogP) is -0.870. The second-order valence-corrected chi connectivity index (χ2v) is 2.09. The molecule has 10 heavy (non-hydrogen) atoms. The van der Waals surface area contributed by atoms with Gasteiger partial charge in [0.1, 0.15) is 6.61 Å². The van der Waals surface area contributed by atoms with Gasteiger partial charge in [-0.15, -0.1) is 0 Å². The summed E-state index contributed by atoms with van der Waals surface area (Å²) in [4.78, 5) is 10.6. The Balaban J connectivity index is 3.22. The summed E-state index contributed by atoms with van der Waals surface area (Å²) in [5.41, 5.74) is 0. The minimum absolute atomic E-state index is 0.0483. The third-order valence-corrected chi connectivity index (χ3v) is 0.870. The number of aliphatic hydroxyl groups excluding tert-OH is 1. The van der Waals surface area contributed by atoms with Gasteiger partial charge < -0.3 is 15.2 Å². The number of ether oxygens (including phenoxy) is 1. The molecule has 0 bridgehead atoms. The molecule has 0 aromatic carbocycles. The molecule has 0 spiro atoms. The number of methoxy groups -OCH3 is 1. The molecular weight excluding hydrogens is 134 g/mol. The molecule has 0 aromatic rings. The predicted molar refractivity (Wildman–Crippen MR) is 36.6 cm³/mol. The molecule has 0 radical (unpaired) electrons. The first-order valence-electron chi connectivity index (χ1n) is 3.10. The largest absolute Gasteiger partial charge is 0.392 e. The summed E-state index contributed by atoms with van der Waals surface area (Å²) in [6.07, 6.45) is -0.499. The van der Waals surface area contributed by atoms with Crippen molar-refractivity contribution in [2.45, 2.75) is 13.0 Å². The smallest absolute Gasteiger partial charge is 0.246 e. The molecule has 0 unspecified atom stereocenters. The highest BCUT2D eigenvalue weighted by molar-refractivity contribution is 5.77. The fraction of sp³-hybridized carbons (Fsp3) is 0.833. The molecule has 60 valence electrons. The Morgan fingerprint density at radius 3 is 2.80 bits per heavy atom. The van der Waals surface area contributed by atoms with Crippen LogP contribution in [-0.2, 0) is 9.53 Å². The molecule has 4 nitrogen and oxygen atoms in total. The van der Waals surface area contributed by atoms with Crippen LogP contribution in [0.5, 0.6) is 0 Å².